The van der Waals surface area contributed by atoms with Gasteiger partial charge in [-0.1, -0.05) is 0 Å². The molecule has 6 amide bonds. The fourth-order valence-electron chi connectivity index (χ4n) is 3.62. The number of nitrogens with one attached hydrogen (secondary N) is 3. The zero-order valence-electron chi connectivity index (χ0n) is 24.5. The Morgan fingerprint density at radius 1 is 0.500 bits per heavy atom. The van der Waals surface area contributed by atoms with Gasteiger partial charge in [0.15, 0.2) is 0 Å². The van der Waals surface area contributed by atoms with E-state index in [4.69, 9.17) is 5.11 Å². The van der Waals surface area contributed by atoms with Crippen molar-refractivity contribution in [1.82, 2.24) is 31.1 Å². The van der Waals surface area contributed by atoms with Crippen LogP contribution in [0.2, 0.25) is 0 Å². The summed E-state index contributed by atoms with van der Waals surface area (Å²) in [4.78, 5) is 68.9. The molecule has 0 bridgehead atoms. The van der Waals surface area contributed by atoms with E-state index in [1.807, 2.05) is 0 Å². The molecule has 16 nitrogen and oxygen atoms in total. The standard InChI is InChI=1S/C26H48N6O10/c1-21(33)30(40)18-8-2-5-15-27-22(34)11-13-24(36)31(41)19-9-3-6-16-28-23(35)12-14-25(37)32(42)20-10-4-7-17-29-26(38)39/h29,40-42H,2-20H2,1H3,(H,27,34)(H,28,35)(H,38,39). The molecular weight excluding hydrogens is 556 g/mol. The lowest BCUT2D eigenvalue weighted by Crippen LogP contribution is -2.31. The number of carbonyl (C=O) groups is 6. The molecule has 0 saturated carbocycles. The van der Waals surface area contributed by atoms with Gasteiger partial charge >= 0.3 is 6.09 Å². The van der Waals surface area contributed by atoms with Crippen molar-refractivity contribution in [1.29, 1.82) is 0 Å². The SMILES string of the molecule is CC(=O)N(O)CCCCCNC(=O)CCC(=O)N(O)CCCCCNC(=O)CCC(=O)N(O)CCCCCNC(=O)O. The average molecular weight is 605 g/mol. The number of hydrogen-bond donors (Lipinski definition) is 7. The van der Waals surface area contributed by atoms with Crippen molar-refractivity contribution in [2.45, 2.75) is 90.4 Å². The summed E-state index contributed by atoms with van der Waals surface area (Å²) in [6, 6.07) is 0. The van der Waals surface area contributed by atoms with Gasteiger partial charge < -0.3 is 21.1 Å². The van der Waals surface area contributed by atoms with Gasteiger partial charge in [-0.25, -0.2) is 20.0 Å². The summed E-state index contributed by atoms with van der Waals surface area (Å²) < 4.78 is 0. The average Bonchev–Trinajstić information content (AvgIpc) is 2.94. The van der Waals surface area contributed by atoms with E-state index in [0.29, 0.717) is 92.6 Å². The number of amides is 6. The van der Waals surface area contributed by atoms with Gasteiger partial charge in [0, 0.05) is 71.9 Å². The van der Waals surface area contributed by atoms with Crippen molar-refractivity contribution in [2.24, 2.45) is 0 Å². The molecule has 0 spiro atoms. The molecule has 0 radical (unpaired) electrons. The molecule has 0 unspecified atom stereocenters. The molecule has 0 saturated heterocycles. The van der Waals surface area contributed by atoms with Crippen molar-refractivity contribution >= 4 is 35.6 Å². The molecule has 16 heteroatoms. The molecule has 0 heterocycles. The van der Waals surface area contributed by atoms with Crippen molar-refractivity contribution in [3.8, 4) is 0 Å². The molecule has 0 aromatic heterocycles. The third-order valence-corrected chi connectivity index (χ3v) is 6.13. The third kappa shape index (κ3) is 22.2. The van der Waals surface area contributed by atoms with Gasteiger partial charge in [-0.15, -0.1) is 0 Å². The number of hydrogen-bond acceptors (Lipinski definition) is 9. The second-order valence-electron chi connectivity index (χ2n) is 9.79. The Morgan fingerprint density at radius 3 is 1.21 bits per heavy atom. The summed E-state index contributed by atoms with van der Waals surface area (Å²) in [5.41, 5.74) is 0. The molecule has 0 atom stereocenters. The zero-order chi connectivity index (χ0) is 31.8. The van der Waals surface area contributed by atoms with Crippen molar-refractivity contribution in [3.63, 3.8) is 0 Å². The van der Waals surface area contributed by atoms with Gasteiger partial charge in [-0.2, -0.15) is 0 Å². The summed E-state index contributed by atoms with van der Waals surface area (Å²) in [5.74, 6) is -2.21. The van der Waals surface area contributed by atoms with Crippen molar-refractivity contribution < 1.29 is 49.5 Å². The number of unbranched alkanes of at least 4 members (excludes halogenated alkanes) is 6. The van der Waals surface area contributed by atoms with Crippen LogP contribution in [0.1, 0.15) is 90.4 Å². The van der Waals surface area contributed by atoms with E-state index < -0.39 is 23.8 Å². The predicted octanol–water partition coefficient (Wildman–Crippen LogP) is 1.23. The summed E-state index contributed by atoms with van der Waals surface area (Å²) >= 11 is 0. The molecule has 42 heavy (non-hydrogen) atoms. The minimum atomic E-state index is -1.10. The zero-order valence-corrected chi connectivity index (χ0v) is 24.5. The summed E-state index contributed by atoms with van der Waals surface area (Å²) in [6.45, 7) is 2.74. The van der Waals surface area contributed by atoms with Crippen LogP contribution in [0.5, 0.6) is 0 Å². The van der Waals surface area contributed by atoms with E-state index >= 15 is 0 Å². The monoisotopic (exact) mass is 604 g/mol. The molecule has 0 aliphatic rings. The summed E-state index contributed by atoms with van der Waals surface area (Å²) in [6.07, 6.45) is 3.88. The Bertz CT molecular complexity index is 844. The number of hydroxylamine groups is 6. The van der Waals surface area contributed by atoms with Crippen LogP contribution >= 0.6 is 0 Å². The van der Waals surface area contributed by atoms with Crippen LogP contribution in [0.4, 0.5) is 4.79 Å². The molecular formula is C26H48N6O10. The number of carbonyl (C=O) groups excluding carboxylic acids is 5. The van der Waals surface area contributed by atoms with E-state index in [-0.39, 0.29) is 57.1 Å². The Hall–Kier alpha value is -3.50. The van der Waals surface area contributed by atoms with Crippen LogP contribution in [-0.4, -0.2) is 111 Å². The second-order valence-corrected chi connectivity index (χ2v) is 9.79. The van der Waals surface area contributed by atoms with Gasteiger partial charge in [0.2, 0.25) is 29.5 Å². The van der Waals surface area contributed by atoms with Crippen LogP contribution in [0, 0.1) is 0 Å². The van der Waals surface area contributed by atoms with Crippen molar-refractivity contribution in [2.75, 3.05) is 39.3 Å². The highest BCUT2D eigenvalue weighted by atomic mass is 16.5. The largest absolute Gasteiger partial charge is 0.465 e. The van der Waals surface area contributed by atoms with Crippen LogP contribution < -0.4 is 16.0 Å². The molecule has 0 aromatic carbocycles. The Morgan fingerprint density at radius 2 is 0.857 bits per heavy atom. The second kappa shape index (κ2) is 24.1. The molecule has 0 aromatic rings. The summed E-state index contributed by atoms with van der Waals surface area (Å²) in [7, 11) is 0. The lowest BCUT2D eigenvalue weighted by molar-refractivity contribution is -0.166. The predicted molar refractivity (Wildman–Crippen MR) is 148 cm³/mol. The van der Waals surface area contributed by atoms with Gasteiger partial charge in [-0.3, -0.25) is 39.6 Å². The van der Waals surface area contributed by atoms with E-state index in [1.165, 1.54) is 6.92 Å². The maximum absolute atomic E-state index is 12.0. The lowest BCUT2D eigenvalue weighted by atomic mass is 10.2. The molecule has 0 aliphatic heterocycles. The van der Waals surface area contributed by atoms with E-state index in [0.717, 1.165) is 0 Å². The first-order valence-electron chi connectivity index (χ1n) is 14.4. The first-order chi connectivity index (χ1) is 19.9. The molecule has 7 N–H and O–H groups in total. The first kappa shape index (κ1) is 38.5. The van der Waals surface area contributed by atoms with Gasteiger partial charge in [0.1, 0.15) is 0 Å². The fourth-order valence-corrected chi connectivity index (χ4v) is 3.62. The third-order valence-electron chi connectivity index (χ3n) is 6.13. The van der Waals surface area contributed by atoms with E-state index in [9.17, 15) is 44.4 Å². The molecule has 242 valence electrons. The maximum atomic E-state index is 12.0. The minimum Gasteiger partial charge on any atom is -0.465 e. The van der Waals surface area contributed by atoms with Crippen LogP contribution in [-0.2, 0) is 24.0 Å². The maximum Gasteiger partial charge on any atom is 0.404 e. The Labute approximate surface area is 246 Å². The number of rotatable bonds is 24. The smallest absolute Gasteiger partial charge is 0.404 e. The Balaban J connectivity index is 3.76. The summed E-state index contributed by atoms with van der Waals surface area (Å²) in [5, 5.41) is 46.7. The van der Waals surface area contributed by atoms with Crippen LogP contribution in [0.15, 0.2) is 0 Å². The van der Waals surface area contributed by atoms with E-state index in [1.54, 1.807) is 0 Å². The minimum absolute atomic E-state index is 0.0560. The molecule has 0 aliphatic carbocycles. The van der Waals surface area contributed by atoms with Gasteiger partial charge in [0.05, 0.1) is 0 Å². The normalized spacial score (nSPS) is 10.5. The van der Waals surface area contributed by atoms with Gasteiger partial charge in [-0.05, 0) is 57.8 Å². The first-order valence-corrected chi connectivity index (χ1v) is 14.4. The number of carboxylic acid groups (broad SMARTS) is 1. The Kier molecular flexibility index (Phi) is 22.1. The topological polar surface area (TPSA) is 229 Å². The lowest BCUT2D eigenvalue weighted by Gasteiger charge is -2.15. The van der Waals surface area contributed by atoms with E-state index in [2.05, 4.69) is 16.0 Å². The van der Waals surface area contributed by atoms with Crippen LogP contribution in [0.25, 0.3) is 0 Å². The fraction of sp³-hybridized carbons (Fsp3) is 0.769. The van der Waals surface area contributed by atoms with Crippen LogP contribution in [0.3, 0.4) is 0 Å². The molecule has 0 rings (SSSR count). The highest BCUT2D eigenvalue weighted by molar-refractivity contribution is 5.83. The van der Waals surface area contributed by atoms with Gasteiger partial charge in [0.25, 0.3) is 0 Å². The molecule has 0 fully saturated rings. The van der Waals surface area contributed by atoms with Crippen molar-refractivity contribution in [3.05, 3.63) is 0 Å². The highest BCUT2D eigenvalue weighted by Crippen LogP contribution is 2.03. The number of nitrogens with zero attached hydrogens (tertiary/aromatic N) is 3. The quantitative estimate of drug-likeness (QED) is 0.0473. The highest BCUT2D eigenvalue weighted by Gasteiger charge is 2.14.